The number of ketones is 2. The number of nitrogens with one attached hydrogen (secondary N) is 1. The van der Waals surface area contributed by atoms with E-state index in [4.69, 9.17) is 0 Å². The number of carbonyl (C=O) groups is 3. The maximum absolute atomic E-state index is 11.5. The molecule has 4 nitrogen and oxygen atoms in total. The van der Waals surface area contributed by atoms with E-state index in [1.54, 1.807) is 0 Å². The number of carbonyl (C=O) groups excluding carboxylic acids is 3. The molecule has 0 rings (SSSR count). The van der Waals surface area contributed by atoms with Crippen molar-refractivity contribution in [3.05, 3.63) is 0 Å². The third-order valence-corrected chi connectivity index (χ3v) is 2.21. The van der Waals surface area contributed by atoms with Crippen molar-refractivity contribution in [2.24, 2.45) is 5.41 Å². The predicted octanol–water partition coefficient (Wildman–Crippen LogP) is 1.48. The monoisotopic (exact) mass is 227 g/mol. The van der Waals surface area contributed by atoms with Gasteiger partial charge in [0.2, 0.25) is 5.91 Å². The molecule has 0 saturated carbocycles. The second-order valence-corrected chi connectivity index (χ2v) is 4.98. The highest BCUT2D eigenvalue weighted by Crippen LogP contribution is 2.15. The molecule has 0 atom stereocenters. The van der Waals surface area contributed by atoms with Gasteiger partial charge in [-0.1, -0.05) is 20.8 Å². The van der Waals surface area contributed by atoms with Gasteiger partial charge >= 0.3 is 0 Å². The Morgan fingerprint density at radius 1 is 1.00 bits per heavy atom. The van der Waals surface area contributed by atoms with Gasteiger partial charge in [-0.05, 0) is 6.92 Å². The van der Waals surface area contributed by atoms with Crippen molar-refractivity contribution >= 4 is 17.5 Å². The van der Waals surface area contributed by atoms with Crippen LogP contribution in [0.25, 0.3) is 0 Å². The molecule has 1 N–H and O–H groups in total. The Hall–Kier alpha value is -1.19. The quantitative estimate of drug-likeness (QED) is 0.747. The first kappa shape index (κ1) is 14.8. The van der Waals surface area contributed by atoms with Gasteiger partial charge in [-0.3, -0.25) is 9.59 Å². The van der Waals surface area contributed by atoms with E-state index in [0.29, 0.717) is 13.0 Å². The SMILES string of the molecule is CC(=O)CCC(=O)NCCC(=O)C(C)(C)C. The fraction of sp³-hybridized carbons (Fsp3) is 0.750. The zero-order valence-corrected chi connectivity index (χ0v) is 10.6. The highest BCUT2D eigenvalue weighted by molar-refractivity contribution is 5.85. The van der Waals surface area contributed by atoms with Crippen LogP contribution in [0.2, 0.25) is 0 Å². The van der Waals surface area contributed by atoms with Gasteiger partial charge in [-0.15, -0.1) is 0 Å². The molecule has 0 unspecified atom stereocenters. The van der Waals surface area contributed by atoms with Crippen LogP contribution in [-0.4, -0.2) is 24.0 Å². The maximum Gasteiger partial charge on any atom is 0.220 e. The molecule has 0 heterocycles. The van der Waals surface area contributed by atoms with Gasteiger partial charge in [0.25, 0.3) is 0 Å². The van der Waals surface area contributed by atoms with Gasteiger partial charge in [-0.25, -0.2) is 0 Å². The van der Waals surface area contributed by atoms with Crippen molar-refractivity contribution in [3.8, 4) is 0 Å². The first-order chi connectivity index (χ1) is 7.23. The van der Waals surface area contributed by atoms with Crippen LogP contribution in [0.5, 0.6) is 0 Å². The molecule has 0 spiro atoms. The summed E-state index contributed by atoms with van der Waals surface area (Å²) >= 11 is 0. The molecule has 0 aliphatic rings. The van der Waals surface area contributed by atoms with Crippen LogP contribution in [-0.2, 0) is 14.4 Å². The third kappa shape index (κ3) is 7.15. The second kappa shape index (κ2) is 6.40. The summed E-state index contributed by atoms with van der Waals surface area (Å²) in [4.78, 5) is 33.3. The molecule has 16 heavy (non-hydrogen) atoms. The minimum atomic E-state index is -0.357. The predicted molar refractivity (Wildman–Crippen MR) is 62.0 cm³/mol. The molecule has 0 radical (unpaired) electrons. The Labute approximate surface area is 96.8 Å². The van der Waals surface area contributed by atoms with Gasteiger partial charge in [0.1, 0.15) is 11.6 Å². The Morgan fingerprint density at radius 2 is 1.56 bits per heavy atom. The molecular weight excluding hydrogens is 206 g/mol. The minimum absolute atomic E-state index is 0.000850. The van der Waals surface area contributed by atoms with E-state index in [0.717, 1.165) is 0 Å². The van der Waals surface area contributed by atoms with Crippen LogP contribution in [0.4, 0.5) is 0 Å². The molecule has 4 heteroatoms. The van der Waals surface area contributed by atoms with Crippen LogP contribution in [0.3, 0.4) is 0 Å². The van der Waals surface area contributed by atoms with Crippen molar-refractivity contribution in [1.29, 1.82) is 0 Å². The Balaban J connectivity index is 3.71. The first-order valence-corrected chi connectivity index (χ1v) is 5.53. The summed E-state index contributed by atoms with van der Waals surface area (Å²) in [5.41, 5.74) is -0.357. The fourth-order valence-corrected chi connectivity index (χ4v) is 1.07. The normalized spacial score (nSPS) is 11.0. The average Bonchev–Trinajstić information content (AvgIpc) is 2.13. The molecule has 92 valence electrons. The van der Waals surface area contributed by atoms with Crippen LogP contribution >= 0.6 is 0 Å². The van der Waals surface area contributed by atoms with Crippen molar-refractivity contribution in [2.45, 2.75) is 47.0 Å². The van der Waals surface area contributed by atoms with Gasteiger partial charge < -0.3 is 10.1 Å². The average molecular weight is 227 g/mol. The van der Waals surface area contributed by atoms with Crippen LogP contribution in [0, 0.1) is 5.41 Å². The zero-order valence-electron chi connectivity index (χ0n) is 10.6. The molecule has 0 aromatic carbocycles. The van der Waals surface area contributed by atoms with E-state index in [9.17, 15) is 14.4 Å². The van der Waals surface area contributed by atoms with Gasteiger partial charge in [0, 0.05) is 31.2 Å². The Bertz CT molecular complexity index is 276. The summed E-state index contributed by atoms with van der Waals surface area (Å²) in [5, 5.41) is 2.63. The van der Waals surface area contributed by atoms with Crippen LogP contribution in [0.15, 0.2) is 0 Å². The lowest BCUT2D eigenvalue weighted by Gasteiger charge is -2.16. The van der Waals surface area contributed by atoms with E-state index >= 15 is 0 Å². The zero-order chi connectivity index (χ0) is 12.8. The van der Waals surface area contributed by atoms with Crippen LogP contribution in [0.1, 0.15) is 47.0 Å². The number of hydrogen-bond acceptors (Lipinski definition) is 3. The number of amides is 1. The summed E-state index contributed by atoms with van der Waals surface area (Å²) < 4.78 is 0. The van der Waals surface area contributed by atoms with E-state index in [-0.39, 0.29) is 35.7 Å². The van der Waals surface area contributed by atoms with Gasteiger partial charge in [0.15, 0.2) is 0 Å². The van der Waals surface area contributed by atoms with Crippen molar-refractivity contribution in [3.63, 3.8) is 0 Å². The number of Topliss-reactive ketones (excluding diaryl/α,β-unsaturated/α-hetero) is 2. The van der Waals surface area contributed by atoms with Gasteiger partial charge in [-0.2, -0.15) is 0 Å². The van der Waals surface area contributed by atoms with Crippen molar-refractivity contribution in [2.75, 3.05) is 6.54 Å². The highest BCUT2D eigenvalue weighted by atomic mass is 16.2. The van der Waals surface area contributed by atoms with E-state index in [1.807, 2.05) is 20.8 Å². The molecule has 0 bridgehead atoms. The minimum Gasteiger partial charge on any atom is -0.356 e. The smallest absolute Gasteiger partial charge is 0.220 e. The van der Waals surface area contributed by atoms with E-state index in [1.165, 1.54) is 6.92 Å². The molecule has 1 amide bonds. The number of rotatable bonds is 6. The summed E-state index contributed by atoms with van der Waals surface area (Å²) in [5.74, 6) is -0.0443. The third-order valence-electron chi connectivity index (χ3n) is 2.21. The molecular formula is C12H21NO3. The molecule has 0 aliphatic heterocycles. The molecule has 0 aromatic heterocycles. The lowest BCUT2D eigenvalue weighted by molar-refractivity contribution is -0.127. The van der Waals surface area contributed by atoms with Crippen LogP contribution < -0.4 is 5.32 Å². The molecule has 0 aliphatic carbocycles. The Morgan fingerprint density at radius 3 is 2.00 bits per heavy atom. The lowest BCUT2D eigenvalue weighted by Crippen LogP contribution is -2.29. The molecule has 0 fully saturated rings. The Kier molecular flexibility index (Phi) is 5.93. The van der Waals surface area contributed by atoms with E-state index in [2.05, 4.69) is 5.32 Å². The summed E-state index contributed by atoms with van der Waals surface area (Å²) in [6.07, 6.45) is 0.813. The standard InChI is InChI=1S/C12H21NO3/c1-9(14)5-6-11(16)13-8-7-10(15)12(2,3)4/h5-8H2,1-4H3,(H,13,16). The molecule has 0 aromatic rings. The van der Waals surface area contributed by atoms with Crippen molar-refractivity contribution in [1.82, 2.24) is 5.32 Å². The topological polar surface area (TPSA) is 63.2 Å². The summed E-state index contributed by atoms with van der Waals surface area (Å²) in [6, 6.07) is 0. The molecule has 0 saturated heterocycles. The van der Waals surface area contributed by atoms with Crippen molar-refractivity contribution < 1.29 is 14.4 Å². The highest BCUT2D eigenvalue weighted by Gasteiger charge is 2.20. The number of hydrogen-bond donors (Lipinski definition) is 1. The first-order valence-electron chi connectivity index (χ1n) is 5.53. The van der Waals surface area contributed by atoms with E-state index < -0.39 is 0 Å². The van der Waals surface area contributed by atoms with Gasteiger partial charge in [0.05, 0.1) is 0 Å². The lowest BCUT2D eigenvalue weighted by atomic mass is 9.89. The summed E-state index contributed by atoms with van der Waals surface area (Å²) in [7, 11) is 0. The largest absolute Gasteiger partial charge is 0.356 e. The fourth-order valence-electron chi connectivity index (χ4n) is 1.07. The maximum atomic E-state index is 11.5. The second-order valence-electron chi connectivity index (χ2n) is 4.98. The summed E-state index contributed by atoms with van der Waals surface area (Å²) in [6.45, 7) is 7.37.